The van der Waals surface area contributed by atoms with Gasteiger partial charge in [0.25, 0.3) is 0 Å². The van der Waals surface area contributed by atoms with Crippen molar-refractivity contribution in [3.63, 3.8) is 0 Å². The Morgan fingerprint density at radius 2 is 2.16 bits per heavy atom. The third-order valence-electron chi connectivity index (χ3n) is 3.66. The summed E-state index contributed by atoms with van der Waals surface area (Å²) in [5.41, 5.74) is 1.08. The van der Waals surface area contributed by atoms with E-state index in [1.54, 1.807) is 18.0 Å². The van der Waals surface area contributed by atoms with Crippen LogP contribution in [-0.4, -0.2) is 38.0 Å². The normalized spacial score (nSPS) is 10.6. The molecule has 130 valence electrons. The molecule has 0 fully saturated rings. The molecule has 3 aromatic rings. The Balaban J connectivity index is 1.46. The van der Waals surface area contributed by atoms with Crippen LogP contribution in [0.15, 0.2) is 42.7 Å². The molecule has 0 saturated carbocycles. The zero-order valence-corrected chi connectivity index (χ0v) is 14.0. The van der Waals surface area contributed by atoms with Crippen molar-refractivity contribution in [1.82, 2.24) is 25.0 Å². The molecule has 0 unspecified atom stereocenters. The van der Waals surface area contributed by atoms with Crippen molar-refractivity contribution in [2.45, 2.75) is 25.8 Å². The van der Waals surface area contributed by atoms with Gasteiger partial charge in [-0.1, -0.05) is 12.1 Å². The van der Waals surface area contributed by atoms with Crippen molar-refractivity contribution >= 4 is 11.9 Å². The van der Waals surface area contributed by atoms with Crippen LogP contribution in [0.4, 0.5) is 5.95 Å². The number of H-pyrrole nitrogens is 1. The van der Waals surface area contributed by atoms with Gasteiger partial charge in [-0.15, -0.1) is 5.10 Å². The summed E-state index contributed by atoms with van der Waals surface area (Å²) in [5.74, 6) is 1.69. The Bertz CT molecular complexity index is 795. The van der Waals surface area contributed by atoms with Crippen LogP contribution >= 0.6 is 0 Å². The van der Waals surface area contributed by atoms with Gasteiger partial charge in [0.15, 0.2) is 0 Å². The van der Waals surface area contributed by atoms with E-state index < -0.39 is 0 Å². The van der Waals surface area contributed by atoms with Gasteiger partial charge in [-0.3, -0.25) is 19.9 Å². The number of hydrogen-bond acceptors (Lipinski definition) is 5. The molecule has 8 nitrogen and oxygen atoms in total. The molecule has 0 atom stereocenters. The number of methoxy groups -OCH3 is 1. The number of nitrogens with one attached hydrogen (secondary N) is 2. The topological polar surface area (TPSA) is 97.7 Å². The number of amides is 1. The van der Waals surface area contributed by atoms with Crippen LogP contribution in [0.5, 0.6) is 5.75 Å². The second-order valence-corrected chi connectivity index (χ2v) is 5.55. The molecule has 2 N–H and O–H groups in total. The number of carbonyl (C=O) groups excluding carboxylic acids is 1. The van der Waals surface area contributed by atoms with Crippen LogP contribution in [0, 0.1) is 0 Å². The monoisotopic (exact) mass is 340 g/mol. The number of aromatic nitrogens is 5. The van der Waals surface area contributed by atoms with E-state index >= 15 is 0 Å². The largest absolute Gasteiger partial charge is 0.497 e. The third kappa shape index (κ3) is 4.90. The molecule has 0 aliphatic rings. The number of aromatic amines is 1. The first-order chi connectivity index (χ1) is 12.2. The number of ether oxygens (including phenoxy) is 1. The predicted octanol–water partition coefficient (Wildman–Crippen LogP) is 2.02. The van der Waals surface area contributed by atoms with Gasteiger partial charge in [-0.2, -0.15) is 10.1 Å². The maximum Gasteiger partial charge on any atom is 0.248 e. The van der Waals surface area contributed by atoms with Crippen molar-refractivity contribution < 1.29 is 9.53 Å². The average Bonchev–Trinajstić information content (AvgIpc) is 3.28. The summed E-state index contributed by atoms with van der Waals surface area (Å²) in [7, 11) is 1.63. The zero-order chi connectivity index (χ0) is 17.5. The standard InChI is InChI=1S/C17H20N6O2/c1-25-14-7-5-13(6-8-14)12-15-19-17(22-21-15)20-16(24)4-2-10-23-11-3-9-18-23/h3,5-9,11H,2,4,10,12H2,1H3,(H2,19,20,21,22,24). The number of rotatable bonds is 8. The molecule has 2 aromatic heterocycles. The smallest absolute Gasteiger partial charge is 0.248 e. The molecule has 0 bridgehead atoms. The predicted molar refractivity (Wildman–Crippen MR) is 92.3 cm³/mol. The van der Waals surface area contributed by atoms with E-state index in [2.05, 4.69) is 25.6 Å². The lowest BCUT2D eigenvalue weighted by atomic mass is 10.1. The van der Waals surface area contributed by atoms with Gasteiger partial charge in [0.1, 0.15) is 11.6 Å². The third-order valence-corrected chi connectivity index (χ3v) is 3.66. The van der Waals surface area contributed by atoms with E-state index in [9.17, 15) is 4.79 Å². The number of anilines is 1. The van der Waals surface area contributed by atoms with E-state index in [0.717, 1.165) is 11.3 Å². The minimum absolute atomic E-state index is 0.109. The quantitative estimate of drug-likeness (QED) is 0.654. The number of benzene rings is 1. The van der Waals surface area contributed by atoms with Crippen molar-refractivity contribution in [2.75, 3.05) is 12.4 Å². The van der Waals surface area contributed by atoms with Gasteiger partial charge in [0.2, 0.25) is 11.9 Å². The van der Waals surface area contributed by atoms with E-state index in [0.29, 0.717) is 37.6 Å². The Morgan fingerprint density at radius 1 is 1.32 bits per heavy atom. The molecule has 0 radical (unpaired) electrons. The lowest BCUT2D eigenvalue weighted by molar-refractivity contribution is -0.116. The van der Waals surface area contributed by atoms with Crippen LogP contribution in [0.1, 0.15) is 24.2 Å². The summed E-state index contributed by atoms with van der Waals surface area (Å²) < 4.78 is 6.93. The highest BCUT2D eigenvalue weighted by Gasteiger charge is 2.08. The highest BCUT2D eigenvalue weighted by atomic mass is 16.5. The second-order valence-electron chi connectivity index (χ2n) is 5.55. The molecule has 1 amide bonds. The van der Waals surface area contributed by atoms with E-state index in [1.165, 1.54) is 0 Å². The van der Waals surface area contributed by atoms with Crippen molar-refractivity contribution in [3.8, 4) is 5.75 Å². The van der Waals surface area contributed by atoms with Gasteiger partial charge >= 0.3 is 0 Å². The maximum atomic E-state index is 11.9. The summed E-state index contributed by atoms with van der Waals surface area (Å²) in [6.07, 6.45) is 5.29. The highest BCUT2D eigenvalue weighted by Crippen LogP contribution is 2.13. The first-order valence-electron chi connectivity index (χ1n) is 8.04. The minimum Gasteiger partial charge on any atom is -0.497 e. The summed E-state index contributed by atoms with van der Waals surface area (Å²) in [4.78, 5) is 16.2. The van der Waals surface area contributed by atoms with Crippen LogP contribution < -0.4 is 10.1 Å². The van der Waals surface area contributed by atoms with Crippen LogP contribution in [-0.2, 0) is 17.8 Å². The first kappa shape index (κ1) is 16.7. The van der Waals surface area contributed by atoms with E-state index in [1.807, 2.05) is 36.5 Å². The molecule has 0 aliphatic heterocycles. The van der Waals surface area contributed by atoms with Crippen LogP contribution in [0.25, 0.3) is 0 Å². The van der Waals surface area contributed by atoms with Crippen LogP contribution in [0.3, 0.4) is 0 Å². The fourth-order valence-electron chi connectivity index (χ4n) is 2.39. The molecular formula is C17H20N6O2. The molecule has 0 aliphatic carbocycles. The lowest BCUT2D eigenvalue weighted by Gasteiger charge is -2.02. The Labute approximate surface area is 145 Å². The fraction of sp³-hybridized carbons (Fsp3) is 0.294. The number of hydrogen-bond donors (Lipinski definition) is 2. The van der Waals surface area contributed by atoms with Crippen molar-refractivity contribution in [3.05, 3.63) is 54.1 Å². The number of aryl methyl sites for hydroxylation is 1. The van der Waals surface area contributed by atoms with Gasteiger partial charge in [0, 0.05) is 31.8 Å². The Kier molecular flexibility index (Phi) is 5.40. The number of carbonyl (C=O) groups is 1. The van der Waals surface area contributed by atoms with E-state index in [-0.39, 0.29) is 5.91 Å². The van der Waals surface area contributed by atoms with Gasteiger partial charge in [-0.25, -0.2) is 0 Å². The molecule has 8 heteroatoms. The molecule has 25 heavy (non-hydrogen) atoms. The summed E-state index contributed by atoms with van der Waals surface area (Å²) in [6.45, 7) is 0.705. The Morgan fingerprint density at radius 3 is 2.88 bits per heavy atom. The average molecular weight is 340 g/mol. The van der Waals surface area contributed by atoms with Crippen LogP contribution in [0.2, 0.25) is 0 Å². The molecule has 2 heterocycles. The molecule has 0 saturated heterocycles. The SMILES string of the molecule is COc1ccc(Cc2nc(NC(=O)CCCn3cccn3)n[nH]2)cc1. The molecule has 1 aromatic carbocycles. The summed E-state index contributed by atoms with van der Waals surface area (Å²) >= 11 is 0. The Hall–Kier alpha value is -3.16. The highest BCUT2D eigenvalue weighted by molar-refractivity contribution is 5.88. The van der Waals surface area contributed by atoms with Gasteiger partial charge in [-0.05, 0) is 30.2 Å². The summed E-state index contributed by atoms with van der Waals surface area (Å²) in [5, 5.41) is 13.7. The van der Waals surface area contributed by atoms with Crippen molar-refractivity contribution in [1.29, 1.82) is 0 Å². The molecule has 3 rings (SSSR count). The fourth-order valence-corrected chi connectivity index (χ4v) is 2.39. The molecular weight excluding hydrogens is 320 g/mol. The van der Waals surface area contributed by atoms with Gasteiger partial charge < -0.3 is 4.74 Å². The lowest BCUT2D eigenvalue weighted by Crippen LogP contribution is -2.13. The van der Waals surface area contributed by atoms with E-state index in [4.69, 9.17) is 4.74 Å². The minimum atomic E-state index is -0.109. The first-order valence-corrected chi connectivity index (χ1v) is 8.04. The van der Waals surface area contributed by atoms with Gasteiger partial charge in [0.05, 0.1) is 7.11 Å². The van der Waals surface area contributed by atoms with Crippen molar-refractivity contribution in [2.24, 2.45) is 0 Å². The maximum absolute atomic E-state index is 11.9. The second kappa shape index (κ2) is 8.09. The molecule has 0 spiro atoms. The zero-order valence-electron chi connectivity index (χ0n) is 14.0. The number of nitrogens with zero attached hydrogens (tertiary/aromatic N) is 4. The summed E-state index contributed by atoms with van der Waals surface area (Å²) in [6, 6.07) is 9.59.